The second-order valence-electron chi connectivity index (χ2n) is 6.86. The Balaban J connectivity index is 1.55. The van der Waals surface area contributed by atoms with Gasteiger partial charge in [-0.25, -0.2) is 9.97 Å². The molecule has 26 heavy (non-hydrogen) atoms. The molecule has 0 radical (unpaired) electrons. The van der Waals surface area contributed by atoms with Crippen molar-refractivity contribution in [3.63, 3.8) is 0 Å². The first-order valence-corrected chi connectivity index (χ1v) is 9.30. The Bertz CT molecular complexity index is 882. The third-order valence-corrected chi connectivity index (χ3v) is 4.92. The van der Waals surface area contributed by atoms with Gasteiger partial charge in [0.15, 0.2) is 5.65 Å². The number of amides is 1. The number of hydrogen-bond acceptors (Lipinski definition) is 4. The van der Waals surface area contributed by atoms with Crippen LogP contribution in [0.25, 0.3) is 11.2 Å². The Morgan fingerprint density at radius 3 is 2.62 bits per heavy atom. The van der Waals surface area contributed by atoms with E-state index in [1.54, 1.807) is 18.7 Å². The molecule has 0 aliphatic carbocycles. The first-order valence-electron chi connectivity index (χ1n) is 9.30. The molecule has 1 aliphatic heterocycles. The summed E-state index contributed by atoms with van der Waals surface area (Å²) in [6, 6.07) is 5.81. The standard InChI is InChI=1S/C20H23N5O/c26-20(24-9-4-2-1-3-5-10-24)17-11-18-19(22-13-17)25(15-23-18)14-16-7-6-8-21-12-16/h6-8,11-13,15H,1-5,9-10,14H2. The van der Waals surface area contributed by atoms with E-state index in [-0.39, 0.29) is 5.91 Å². The zero-order chi connectivity index (χ0) is 17.8. The molecule has 3 aromatic rings. The second kappa shape index (κ2) is 7.64. The lowest BCUT2D eigenvalue weighted by Crippen LogP contribution is -2.33. The van der Waals surface area contributed by atoms with Gasteiger partial charge in [0.05, 0.1) is 18.4 Å². The van der Waals surface area contributed by atoms with Crippen LogP contribution in [0.5, 0.6) is 0 Å². The van der Waals surface area contributed by atoms with Crippen molar-refractivity contribution in [2.75, 3.05) is 13.1 Å². The third kappa shape index (κ3) is 3.59. The van der Waals surface area contributed by atoms with Gasteiger partial charge in [0.1, 0.15) is 5.52 Å². The SMILES string of the molecule is O=C(c1cnc2c(c1)ncn2Cc1cccnc1)N1CCCCCCC1. The summed E-state index contributed by atoms with van der Waals surface area (Å²) in [5, 5.41) is 0. The van der Waals surface area contributed by atoms with Gasteiger partial charge < -0.3 is 9.47 Å². The van der Waals surface area contributed by atoms with Gasteiger partial charge in [-0.1, -0.05) is 25.3 Å². The van der Waals surface area contributed by atoms with Crippen molar-refractivity contribution in [1.82, 2.24) is 24.4 Å². The lowest BCUT2D eigenvalue weighted by Gasteiger charge is -2.24. The van der Waals surface area contributed by atoms with Crippen LogP contribution < -0.4 is 0 Å². The molecule has 6 nitrogen and oxygen atoms in total. The number of nitrogens with zero attached hydrogens (tertiary/aromatic N) is 5. The highest BCUT2D eigenvalue weighted by Crippen LogP contribution is 2.17. The highest BCUT2D eigenvalue weighted by molar-refractivity contribution is 5.96. The number of fused-ring (bicyclic) bond motifs is 1. The molecule has 0 saturated carbocycles. The van der Waals surface area contributed by atoms with Gasteiger partial charge in [-0.15, -0.1) is 0 Å². The number of likely N-dealkylation sites (tertiary alicyclic amines) is 1. The third-order valence-electron chi connectivity index (χ3n) is 4.92. The van der Waals surface area contributed by atoms with Gasteiger partial charge >= 0.3 is 0 Å². The van der Waals surface area contributed by atoms with E-state index >= 15 is 0 Å². The van der Waals surface area contributed by atoms with E-state index in [1.165, 1.54) is 19.3 Å². The van der Waals surface area contributed by atoms with Crippen LogP contribution in [0.15, 0.2) is 43.1 Å². The highest BCUT2D eigenvalue weighted by atomic mass is 16.2. The monoisotopic (exact) mass is 349 g/mol. The molecule has 1 amide bonds. The lowest BCUT2D eigenvalue weighted by molar-refractivity contribution is 0.0742. The van der Waals surface area contributed by atoms with Crippen molar-refractivity contribution < 1.29 is 4.79 Å². The van der Waals surface area contributed by atoms with E-state index in [0.717, 1.165) is 42.7 Å². The maximum Gasteiger partial charge on any atom is 0.255 e. The Kier molecular flexibility index (Phi) is 4.91. The van der Waals surface area contributed by atoms with Crippen LogP contribution in [-0.2, 0) is 6.54 Å². The predicted octanol–water partition coefficient (Wildman–Crippen LogP) is 3.28. The fourth-order valence-corrected chi connectivity index (χ4v) is 3.50. The number of pyridine rings is 2. The lowest BCUT2D eigenvalue weighted by atomic mass is 10.1. The van der Waals surface area contributed by atoms with Crippen LogP contribution in [0.4, 0.5) is 0 Å². The minimum absolute atomic E-state index is 0.0723. The average molecular weight is 349 g/mol. The van der Waals surface area contributed by atoms with E-state index in [2.05, 4.69) is 15.0 Å². The largest absolute Gasteiger partial charge is 0.339 e. The molecule has 0 aromatic carbocycles. The molecule has 0 bridgehead atoms. The summed E-state index contributed by atoms with van der Waals surface area (Å²) in [4.78, 5) is 27.9. The Hall–Kier alpha value is -2.76. The minimum Gasteiger partial charge on any atom is -0.339 e. The maximum atomic E-state index is 12.8. The van der Waals surface area contributed by atoms with Crippen molar-refractivity contribution >= 4 is 17.1 Å². The fraction of sp³-hybridized carbons (Fsp3) is 0.400. The smallest absolute Gasteiger partial charge is 0.255 e. The number of carbonyl (C=O) groups excluding carboxylic acids is 1. The van der Waals surface area contributed by atoms with Crippen LogP contribution in [0, 0.1) is 0 Å². The summed E-state index contributed by atoms with van der Waals surface area (Å²) >= 11 is 0. The molecule has 1 saturated heterocycles. The van der Waals surface area contributed by atoms with Gasteiger partial charge in [-0.2, -0.15) is 0 Å². The van der Waals surface area contributed by atoms with Gasteiger partial charge in [0, 0.05) is 31.7 Å². The maximum absolute atomic E-state index is 12.8. The van der Waals surface area contributed by atoms with Crippen LogP contribution in [0.2, 0.25) is 0 Å². The predicted molar refractivity (Wildman–Crippen MR) is 99.9 cm³/mol. The van der Waals surface area contributed by atoms with Gasteiger partial charge in [0.25, 0.3) is 5.91 Å². The Labute approximate surface area is 152 Å². The molecule has 6 heteroatoms. The molecule has 0 N–H and O–H groups in total. The van der Waals surface area contributed by atoms with Gasteiger partial charge in [0.2, 0.25) is 0 Å². The number of aromatic nitrogens is 4. The summed E-state index contributed by atoms with van der Waals surface area (Å²) < 4.78 is 1.98. The quantitative estimate of drug-likeness (QED) is 0.728. The number of hydrogen-bond donors (Lipinski definition) is 0. The summed E-state index contributed by atoms with van der Waals surface area (Å²) in [5.41, 5.74) is 3.27. The first-order chi connectivity index (χ1) is 12.8. The van der Waals surface area contributed by atoms with E-state index in [1.807, 2.05) is 33.9 Å². The Morgan fingerprint density at radius 1 is 1.04 bits per heavy atom. The number of carbonyl (C=O) groups is 1. The number of imidazole rings is 1. The minimum atomic E-state index is 0.0723. The second-order valence-corrected chi connectivity index (χ2v) is 6.86. The topological polar surface area (TPSA) is 63.9 Å². The molecule has 0 spiro atoms. The molecule has 4 heterocycles. The van der Waals surface area contributed by atoms with E-state index in [9.17, 15) is 4.79 Å². The zero-order valence-corrected chi connectivity index (χ0v) is 14.8. The Morgan fingerprint density at radius 2 is 1.85 bits per heavy atom. The van der Waals surface area contributed by atoms with Crippen molar-refractivity contribution in [3.8, 4) is 0 Å². The molecule has 0 unspecified atom stereocenters. The summed E-state index contributed by atoms with van der Waals surface area (Å²) in [7, 11) is 0. The van der Waals surface area contributed by atoms with Gasteiger partial charge in [-0.3, -0.25) is 9.78 Å². The molecular weight excluding hydrogens is 326 g/mol. The zero-order valence-electron chi connectivity index (χ0n) is 14.8. The molecule has 3 aromatic heterocycles. The van der Waals surface area contributed by atoms with Crippen molar-refractivity contribution in [2.24, 2.45) is 0 Å². The molecule has 1 aliphatic rings. The molecule has 134 valence electrons. The summed E-state index contributed by atoms with van der Waals surface area (Å²) in [5.74, 6) is 0.0723. The van der Waals surface area contributed by atoms with Gasteiger partial charge in [-0.05, 0) is 30.5 Å². The summed E-state index contributed by atoms with van der Waals surface area (Å²) in [6.45, 7) is 2.34. The average Bonchev–Trinajstić information content (AvgIpc) is 3.04. The van der Waals surface area contributed by atoms with E-state index in [4.69, 9.17) is 0 Å². The van der Waals surface area contributed by atoms with Crippen LogP contribution >= 0.6 is 0 Å². The molecule has 4 rings (SSSR count). The van der Waals surface area contributed by atoms with Crippen molar-refractivity contribution in [2.45, 2.75) is 38.6 Å². The first kappa shape index (κ1) is 16.7. The number of rotatable bonds is 3. The van der Waals surface area contributed by atoms with Crippen LogP contribution in [-0.4, -0.2) is 43.4 Å². The van der Waals surface area contributed by atoms with Crippen molar-refractivity contribution in [3.05, 3.63) is 54.2 Å². The van der Waals surface area contributed by atoms with Crippen molar-refractivity contribution in [1.29, 1.82) is 0 Å². The van der Waals surface area contributed by atoms with E-state index in [0.29, 0.717) is 12.1 Å². The van der Waals surface area contributed by atoms with Crippen LogP contribution in [0.3, 0.4) is 0 Å². The van der Waals surface area contributed by atoms with Crippen LogP contribution in [0.1, 0.15) is 48.0 Å². The van der Waals surface area contributed by atoms with E-state index < -0.39 is 0 Å². The molecular formula is C20H23N5O. The normalized spacial score (nSPS) is 15.6. The molecule has 0 atom stereocenters. The molecule has 1 fully saturated rings. The fourth-order valence-electron chi connectivity index (χ4n) is 3.50. The highest BCUT2D eigenvalue weighted by Gasteiger charge is 2.18. The summed E-state index contributed by atoms with van der Waals surface area (Å²) in [6.07, 6.45) is 12.9.